The number of hydrogen-bond acceptors (Lipinski definition) is 9. The van der Waals surface area contributed by atoms with Gasteiger partial charge < -0.3 is 25.8 Å². The molecule has 1 aromatic carbocycles. The van der Waals surface area contributed by atoms with Crippen molar-refractivity contribution in [3.05, 3.63) is 46.8 Å². The van der Waals surface area contributed by atoms with Gasteiger partial charge in [-0.2, -0.15) is 28.2 Å². The molecule has 0 radical (unpaired) electrons. The Morgan fingerprint density at radius 2 is 1.93 bits per heavy atom. The monoisotopic (exact) mass is 578 g/mol. The molecule has 1 atom stereocenters. The fourth-order valence-electron chi connectivity index (χ4n) is 4.58. The number of nitrogens with two attached hydrogens (primary N) is 1. The highest BCUT2D eigenvalue weighted by atomic mass is 19.4. The van der Waals surface area contributed by atoms with E-state index in [2.05, 4.69) is 30.7 Å². The predicted octanol–water partition coefficient (Wildman–Crippen LogP) is 4.36. The van der Waals surface area contributed by atoms with Gasteiger partial charge in [0.15, 0.2) is 5.82 Å². The van der Waals surface area contributed by atoms with Gasteiger partial charge in [0.1, 0.15) is 34.8 Å². The number of benzene rings is 1. The van der Waals surface area contributed by atoms with Crippen LogP contribution in [0.15, 0.2) is 18.3 Å². The molecule has 0 amide bonds. The van der Waals surface area contributed by atoms with Crippen molar-refractivity contribution < 1.29 is 31.4 Å². The molecule has 0 saturated heterocycles. The van der Waals surface area contributed by atoms with E-state index in [4.69, 9.17) is 15.2 Å². The zero-order chi connectivity index (χ0) is 29.5. The first kappa shape index (κ1) is 28.3. The number of nitrogens with zero attached hydrogens (tertiary/aromatic N) is 5. The van der Waals surface area contributed by atoms with Gasteiger partial charge in [-0.25, -0.2) is 13.8 Å². The van der Waals surface area contributed by atoms with Gasteiger partial charge in [-0.3, -0.25) is 4.68 Å². The summed E-state index contributed by atoms with van der Waals surface area (Å²) in [4.78, 5) is 12.8. The van der Waals surface area contributed by atoms with E-state index in [-0.39, 0.29) is 29.7 Å². The van der Waals surface area contributed by atoms with E-state index in [0.717, 1.165) is 6.92 Å². The maximum absolute atomic E-state index is 16.3. The molecule has 4 heterocycles. The number of rotatable bonds is 4. The molecule has 41 heavy (non-hydrogen) atoms. The Bertz CT molecular complexity index is 1610. The Hall–Kier alpha value is -4.27. The Morgan fingerprint density at radius 1 is 1.15 bits per heavy atom. The Balaban J connectivity index is 1.78. The lowest BCUT2D eigenvalue weighted by molar-refractivity contribution is -0.137. The second-order valence-electron chi connectivity index (χ2n) is 9.61. The van der Waals surface area contributed by atoms with Crippen molar-refractivity contribution in [2.24, 2.45) is 7.05 Å². The lowest BCUT2D eigenvalue weighted by Crippen LogP contribution is -2.26. The van der Waals surface area contributed by atoms with Gasteiger partial charge in [0.05, 0.1) is 23.0 Å². The Labute approximate surface area is 231 Å². The number of nitrogen functional groups attached to an aromatic ring is 1. The normalized spacial score (nSPS) is 16.1. The van der Waals surface area contributed by atoms with E-state index in [1.807, 2.05) is 0 Å². The highest BCUT2D eigenvalue weighted by molar-refractivity contribution is 5.96. The lowest BCUT2D eigenvalue weighted by Gasteiger charge is -2.21. The molecule has 1 aliphatic rings. The molecule has 218 valence electrons. The summed E-state index contributed by atoms with van der Waals surface area (Å²) in [5.41, 5.74) is 1.68. The van der Waals surface area contributed by atoms with Crippen LogP contribution in [0.3, 0.4) is 0 Å². The molecule has 0 fully saturated rings. The van der Waals surface area contributed by atoms with Gasteiger partial charge in [-0.15, -0.1) is 0 Å². The second kappa shape index (κ2) is 11.0. The number of ether oxygens (including phenoxy) is 2. The number of pyridine rings is 1. The minimum atomic E-state index is -5.05. The minimum Gasteiger partial charge on any atom is -0.474 e. The van der Waals surface area contributed by atoms with Crippen molar-refractivity contribution in [2.45, 2.75) is 39.2 Å². The molecule has 5 rings (SSSR count). The van der Waals surface area contributed by atoms with Crippen LogP contribution < -0.4 is 25.8 Å². The van der Waals surface area contributed by atoms with Crippen molar-refractivity contribution in [1.29, 1.82) is 0 Å². The summed E-state index contributed by atoms with van der Waals surface area (Å²) in [6.45, 7) is 4.14. The van der Waals surface area contributed by atoms with E-state index in [1.165, 1.54) is 0 Å². The third-order valence-corrected chi connectivity index (χ3v) is 6.70. The maximum Gasteiger partial charge on any atom is 0.417 e. The van der Waals surface area contributed by atoms with Crippen molar-refractivity contribution in [1.82, 2.24) is 30.0 Å². The largest absolute Gasteiger partial charge is 0.474 e. The van der Waals surface area contributed by atoms with Crippen LogP contribution in [0.2, 0.25) is 0 Å². The van der Waals surface area contributed by atoms with Gasteiger partial charge in [-0.05, 0) is 44.5 Å². The van der Waals surface area contributed by atoms with Crippen molar-refractivity contribution in [3.8, 4) is 23.1 Å². The Morgan fingerprint density at radius 3 is 2.63 bits per heavy atom. The van der Waals surface area contributed by atoms with Crippen molar-refractivity contribution in [3.63, 3.8) is 0 Å². The van der Waals surface area contributed by atoms with E-state index in [0.29, 0.717) is 37.8 Å². The number of alkyl halides is 3. The molecule has 0 aliphatic carbocycles. The summed E-state index contributed by atoms with van der Waals surface area (Å²) in [5, 5.41) is 10.4. The van der Waals surface area contributed by atoms with Crippen LogP contribution in [-0.4, -0.2) is 50.5 Å². The molecule has 4 N–H and O–H groups in total. The topological polar surface area (TPSA) is 125 Å². The third kappa shape index (κ3) is 5.53. The standard InChI is InChI=1S/C26H27F5N8O2/c1-12-4-6-33-8-9-34-23-17-22(37-25(38-23)40-11-14-5-7-35-39(14)3)20(28)21(36-24(17)41-12)15-10-16(32)19(27)13(2)18(15)26(29,30)31/h5,7,10,12,33H,4,6,8-9,11,32H2,1-3H3,(H,34,37,38). The van der Waals surface area contributed by atoms with Crippen LogP contribution in [0.4, 0.5) is 33.5 Å². The lowest BCUT2D eigenvalue weighted by atomic mass is 9.96. The number of nitrogens with one attached hydrogen (secondary N) is 2. The molecule has 3 aromatic heterocycles. The van der Waals surface area contributed by atoms with Crippen LogP contribution in [0.5, 0.6) is 11.9 Å². The molecule has 1 aliphatic heterocycles. The first-order valence-corrected chi connectivity index (χ1v) is 12.7. The molecular formula is C26H27F5N8O2. The van der Waals surface area contributed by atoms with E-state index < -0.39 is 57.5 Å². The summed E-state index contributed by atoms with van der Waals surface area (Å²) in [6, 6.07) is 2.18. The van der Waals surface area contributed by atoms with Crippen molar-refractivity contribution >= 4 is 22.4 Å². The Kier molecular flexibility index (Phi) is 7.55. The molecule has 15 heteroatoms. The van der Waals surface area contributed by atoms with Gasteiger partial charge in [-0.1, -0.05) is 0 Å². The molecule has 0 spiro atoms. The highest BCUT2D eigenvalue weighted by Gasteiger charge is 2.39. The fourth-order valence-corrected chi connectivity index (χ4v) is 4.58. The molecule has 1 unspecified atom stereocenters. The number of aromatic nitrogens is 5. The number of hydrogen-bond donors (Lipinski definition) is 3. The summed E-state index contributed by atoms with van der Waals surface area (Å²) >= 11 is 0. The average Bonchev–Trinajstić information content (AvgIpc) is 3.31. The maximum atomic E-state index is 16.3. The molecule has 0 saturated carbocycles. The smallest absolute Gasteiger partial charge is 0.417 e. The second-order valence-corrected chi connectivity index (χ2v) is 9.61. The van der Waals surface area contributed by atoms with Crippen LogP contribution >= 0.6 is 0 Å². The number of halogens is 5. The van der Waals surface area contributed by atoms with Gasteiger partial charge >= 0.3 is 12.2 Å². The van der Waals surface area contributed by atoms with Crippen LogP contribution in [-0.2, 0) is 19.8 Å². The SMILES string of the molecule is Cc1c(F)c(N)cc(-c2nc3c4c(nc(OCc5ccnn5C)nc4c2F)NCCNCCC(C)O3)c1C(F)(F)F. The van der Waals surface area contributed by atoms with Gasteiger partial charge in [0.2, 0.25) is 5.88 Å². The molecule has 4 aromatic rings. The van der Waals surface area contributed by atoms with Crippen LogP contribution in [0.1, 0.15) is 30.2 Å². The van der Waals surface area contributed by atoms with E-state index >= 15 is 4.39 Å². The predicted molar refractivity (Wildman–Crippen MR) is 140 cm³/mol. The van der Waals surface area contributed by atoms with Gasteiger partial charge in [0.25, 0.3) is 0 Å². The summed E-state index contributed by atoms with van der Waals surface area (Å²) < 4.78 is 86.8. The van der Waals surface area contributed by atoms with Gasteiger partial charge in [0, 0.05) is 31.9 Å². The third-order valence-electron chi connectivity index (χ3n) is 6.70. The highest BCUT2D eigenvalue weighted by Crippen LogP contribution is 2.44. The summed E-state index contributed by atoms with van der Waals surface area (Å²) in [7, 11) is 1.71. The molecular weight excluding hydrogens is 551 g/mol. The van der Waals surface area contributed by atoms with E-state index in [1.54, 1.807) is 30.9 Å². The van der Waals surface area contributed by atoms with Crippen LogP contribution in [0, 0.1) is 18.6 Å². The zero-order valence-electron chi connectivity index (χ0n) is 22.4. The quantitative estimate of drug-likeness (QED) is 0.239. The number of anilines is 2. The zero-order valence-corrected chi connectivity index (χ0v) is 22.4. The first-order valence-electron chi connectivity index (χ1n) is 12.7. The van der Waals surface area contributed by atoms with E-state index in [9.17, 15) is 17.6 Å². The van der Waals surface area contributed by atoms with Crippen molar-refractivity contribution in [2.75, 3.05) is 30.7 Å². The average molecular weight is 579 g/mol. The number of aryl methyl sites for hydroxylation is 1. The fraction of sp³-hybridized carbons (Fsp3) is 0.385. The summed E-state index contributed by atoms with van der Waals surface area (Å²) in [6.07, 6.45) is -3.43. The van der Waals surface area contributed by atoms with Crippen LogP contribution in [0.25, 0.3) is 22.2 Å². The minimum absolute atomic E-state index is 0.0190. The summed E-state index contributed by atoms with van der Waals surface area (Å²) in [5.74, 6) is -2.54. The molecule has 0 bridgehead atoms. The molecule has 10 nitrogen and oxygen atoms in total. The first-order chi connectivity index (χ1) is 19.5.